The van der Waals surface area contributed by atoms with E-state index in [1.165, 1.54) is 0 Å². The summed E-state index contributed by atoms with van der Waals surface area (Å²) in [4.78, 5) is 18.8. The number of nitrogens with one attached hydrogen (secondary N) is 1. The van der Waals surface area contributed by atoms with Gasteiger partial charge in [-0.25, -0.2) is 4.98 Å². The Balaban J connectivity index is 1.71. The van der Waals surface area contributed by atoms with E-state index in [4.69, 9.17) is 23.2 Å². The van der Waals surface area contributed by atoms with Crippen LogP contribution in [0.4, 0.5) is 0 Å². The Morgan fingerprint density at radius 1 is 1.25 bits per heavy atom. The van der Waals surface area contributed by atoms with Crippen molar-refractivity contribution in [3.8, 4) is 0 Å². The molecule has 0 unspecified atom stereocenters. The molecule has 1 aromatic carbocycles. The molecule has 1 aliphatic heterocycles. The summed E-state index contributed by atoms with van der Waals surface area (Å²) in [5.74, 6) is 0.552. The third-order valence-electron chi connectivity index (χ3n) is 4.49. The molecule has 3 rings (SSSR count). The molecule has 0 spiro atoms. The molecule has 0 aliphatic carbocycles. The first-order chi connectivity index (χ1) is 13.5. The fourth-order valence-electron chi connectivity index (χ4n) is 3.11. The standard InChI is InChI=1S/C19H21Cl2N5O2/c20-17-4-2-1-3-16(17)13-24(12-15-5-6-18(21)23-11-15)9-10-25-8-7-22-19(25)14-26(27)28/h1-6,11,14,22H,7-10,12-13H2. The lowest BCUT2D eigenvalue weighted by atomic mass is 10.2. The molecule has 2 heterocycles. The predicted molar refractivity (Wildman–Crippen MR) is 109 cm³/mol. The third kappa shape index (κ3) is 5.82. The third-order valence-corrected chi connectivity index (χ3v) is 5.08. The maximum absolute atomic E-state index is 10.8. The second-order valence-electron chi connectivity index (χ2n) is 6.50. The topological polar surface area (TPSA) is 74.5 Å². The van der Waals surface area contributed by atoms with Crippen LogP contribution in [-0.2, 0) is 13.1 Å². The van der Waals surface area contributed by atoms with Gasteiger partial charge in [0.25, 0.3) is 6.20 Å². The summed E-state index contributed by atoms with van der Waals surface area (Å²) in [5, 5.41) is 15.0. The van der Waals surface area contributed by atoms with Gasteiger partial charge in [-0.3, -0.25) is 15.0 Å². The lowest BCUT2D eigenvalue weighted by Gasteiger charge is -2.26. The number of hydrogen-bond donors (Lipinski definition) is 1. The molecule has 0 bridgehead atoms. The summed E-state index contributed by atoms with van der Waals surface area (Å²) in [6, 6.07) is 11.5. The first-order valence-electron chi connectivity index (χ1n) is 8.91. The van der Waals surface area contributed by atoms with Gasteiger partial charge in [0.15, 0.2) is 5.82 Å². The van der Waals surface area contributed by atoms with Gasteiger partial charge in [0.05, 0.1) is 4.92 Å². The van der Waals surface area contributed by atoms with Gasteiger partial charge in [-0.1, -0.05) is 47.5 Å². The van der Waals surface area contributed by atoms with E-state index in [0.29, 0.717) is 43.7 Å². The number of hydrogen-bond acceptors (Lipinski definition) is 6. The van der Waals surface area contributed by atoms with Gasteiger partial charge < -0.3 is 10.2 Å². The Bertz CT molecular complexity index is 844. The van der Waals surface area contributed by atoms with Gasteiger partial charge >= 0.3 is 0 Å². The van der Waals surface area contributed by atoms with Crippen molar-refractivity contribution in [1.82, 2.24) is 20.1 Å². The summed E-state index contributed by atoms with van der Waals surface area (Å²) in [7, 11) is 0. The van der Waals surface area contributed by atoms with E-state index in [1.54, 1.807) is 12.3 Å². The van der Waals surface area contributed by atoms with Crippen molar-refractivity contribution >= 4 is 23.2 Å². The minimum absolute atomic E-state index is 0.429. The zero-order valence-corrected chi connectivity index (χ0v) is 16.7. The molecule has 0 saturated carbocycles. The lowest BCUT2D eigenvalue weighted by Crippen LogP contribution is -2.33. The van der Waals surface area contributed by atoms with Crippen molar-refractivity contribution in [2.45, 2.75) is 13.1 Å². The van der Waals surface area contributed by atoms with E-state index in [-0.39, 0.29) is 0 Å². The Morgan fingerprint density at radius 3 is 2.79 bits per heavy atom. The highest BCUT2D eigenvalue weighted by molar-refractivity contribution is 6.31. The molecule has 28 heavy (non-hydrogen) atoms. The fraction of sp³-hybridized carbons (Fsp3) is 0.316. The second kappa shape index (κ2) is 9.73. The molecule has 0 radical (unpaired) electrons. The molecule has 148 valence electrons. The highest BCUT2D eigenvalue weighted by Crippen LogP contribution is 2.19. The van der Waals surface area contributed by atoms with Crippen LogP contribution < -0.4 is 5.32 Å². The first-order valence-corrected chi connectivity index (χ1v) is 9.67. The van der Waals surface area contributed by atoms with Gasteiger partial charge in [-0.15, -0.1) is 0 Å². The summed E-state index contributed by atoms with van der Waals surface area (Å²) in [6.07, 6.45) is 2.78. The van der Waals surface area contributed by atoms with E-state index in [9.17, 15) is 10.1 Å². The van der Waals surface area contributed by atoms with Gasteiger partial charge in [0, 0.05) is 50.5 Å². The number of benzene rings is 1. The van der Waals surface area contributed by atoms with E-state index in [2.05, 4.69) is 15.2 Å². The maximum Gasteiger partial charge on any atom is 0.274 e. The van der Waals surface area contributed by atoms with Crippen molar-refractivity contribution in [1.29, 1.82) is 0 Å². The molecule has 0 amide bonds. The van der Waals surface area contributed by atoms with Gasteiger partial charge in [0.1, 0.15) is 5.15 Å². The van der Waals surface area contributed by atoms with Gasteiger partial charge in [-0.2, -0.15) is 0 Å². The zero-order chi connectivity index (χ0) is 19.9. The fourth-order valence-corrected chi connectivity index (χ4v) is 3.42. The monoisotopic (exact) mass is 421 g/mol. The van der Waals surface area contributed by atoms with E-state index >= 15 is 0 Å². The Labute approximate surface area is 173 Å². The van der Waals surface area contributed by atoms with Crippen molar-refractivity contribution in [2.24, 2.45) is 0 Å². The summed E-state index contributed by atoms with van der Waals surface area (Å²) >= 11 is 12.2. The van der Waals surface area contributed by atoms with Crippen molar-refractivity contribution in [3.63, 3.8) is 0 Å². The minimum atomic E-state index is -0.429. The zero-order valence-electron chi connectivity index (χ0n) is 15.2. The molecule has 9 heteroatoms. The van der Waals surface area contributed by atoms with Crippen molar-refractivity contribution in [3.05, 3.63) is 86.0 Å². The number of nitrogens with zero attached hydrogens (tertiary/aromatic N) is 4. The highest BCUT2D eigenvalue weighted by Gasteiger charge is 2.20. The molecule has 1 aromatic heterocycles. The number of pyridine rings is 1. The van der Waals surface area contributed by atoms with Crippen molar-refractivity contribution in [2.75, 3.05) is 26.2 Å². The molecule has 1 aliphatic rings. The van der Waals surface area contributed by atoms with Crippen LogP contribution in [0.15, 0.2) is 54.6 Å². The highest BCUT2D eigenvalue weighted by atomic mass is 35.5. The molecule has 1 fully saturated rings. The van der Waals surface area contributed by atoms with Gasteiger partial charge in [-0.05, 0) is 23.3 Å². The summed E-state index contributed by atoms with van der Waals surface area (Å²) < 4.78 is 0. The lowest BCUT2D eigenvalue weighted by molar-refractivity contribution is -0.404. The van der Waals surface area contributed by atoms with Crippen LogP contribution in [0.5, 0.6) is 0 Å². The van der Waals surface area contributed by atoms with Crippen LogP contribution in [0.1, 0.15) is 11.1 Å². The summed E-state index contributed by atoms with van der Waals surface area (Å²) in [6.45, 7) is 4.15. The van der Waals surface area contributed by atoms with Crippen molar-refractivity contribution < 1.29 is 4.92 Å². The average molecular weight is 422 g/mol. The Hall–Kier alpha value is -2.35. The first kappa shape index (κ1) is 20.4. The minimum Gasteiger partial charge on any atom is -0.365 e. The van der Waals surface area contributed by atoms with Crippen LogP contribution in [0.3, 0.4) is 0 Å². The SMILES string of the molecule is O=[N+]([O-])C=C1NCCN1CCN(Cc1ccc(Cl)nc1)Cc1ccccc1Cl. The van der Waals surface area contributed by atoms with E-state index in [0.717, 1.165) is 28.9 Å². The number of aromatic nitrogens is 1. The predicted octanol–water partition coefficient (Wildman–Crippen LogP) is 3.37. The Morgan fingerprint density at radius 2 is 2.07 bits per heavy atom. The summed E-state index contributed by atoms with van der Waals surface area (Å²) in [5.41, 5.74) is 2.07. The van der Waals surface area contributed by atoms with Crippen LogP contribution in [-0.4, -0.2) is 45.9 Å². The Kier molecular flexibility index (Phi) is 7.08. The second-order valence-corrected chi connectivity index (χ2v) is 7.30. The molecule has 2 aromatic rings. The quantitative estimate of drug-likeness (QED) is 0.400. The average Bonchev–Trinajstić information content (AvgIpc) is 3.09. The molecule has 7 nitrogen and oxygen atoms in total. The van der Waals surface area contributed by atoms with Crippen LogP contribution >= 0.6 is 23.2 Å². The largest absolute Gasteiger partial charge is 0.365 e. The molecule has 1 saturated heterocycles. The molecule has 1 N–H and O–H groups in total. The van der Waals surface area contributed by atoms with E-state index in [1.807, 2.05) is 35.2 Å². The molecular weight excluding hydrogens is 401 g/mol. The maximum atomic E-state index is 10.8. The number of halogens is 2. The number of nitro groups is 1. The normalized spacial score (nSPS) is 15.2. The van der Waals surface area contributed by atoms with Crippen LogP contribution in [0.2, 0.25) is 10.2 Å². The molecular formula is C19H21Cl2N5O2. The van der Waals surface area contributed by atoms with E-state index < -0.39 is 4.92 Å². The van der Waals surface area contributed by atoms with Gasteiger partial charge in [0.2, 0.25) is 0 Å². The van der Waals surface area contributed by atoms with Crippen LogP contribution in [0.25, 0.3) is 0 Å². The molecule has 0 atom stereocenters. The van der Waals surface area contributed by atoms with Crippen LogP contribution in [0, 0.1) is 10.1 Å². The smallest absolute Gasteiger partial charge is 0.274 e. The number of rotatable bonds is 8.